The second-order valence-electron chi connectivity index (χ2n) is 5.90. The number of benzene rings is 2. The van der Waals surface area contributed by atoms with E-state index in [9.17, 15) is 4.79 Å². The van der Waals surface area contributed by atoms with Crippen LogP contribution in [0.1, 0.15) is 12.5 Å². The number of aromatic nitrogens is 4. The van der Waals surface area contributed by atoms with Gasteiger partial charge in [0.05, 0.1) is 21.1 Å². The first-order valence-corrected chi connectivity index (χ1v) is 8.78. The molecule has 0 unspecified atom stereocenters. The summed E-state index contributed by atoms with van der Waals surface area (Å²) in [5.74, 6) is 0.458. The van der Waals surface area contributed by atoms with Crippen LogP contribution in [0.25, 0.3) is 22.6 Å². The molecule has 2 aromatic carbocycles. The zero-order valence-electron chi connectivity index (χ0n) is 14.1. The molecule has 0 aliphatic heterocycles. The summed E-state index contributed by atoms with van der Waals surface area (Å²) in [6.45, 7) is 1.86. The number of amides is 1. The fourth-order valence-corrected chi connectivity index (χ4v) is 3.14. The Morgan fingerprint density at radius 3 is 2.74 bits per heavy atom. The molecular weight excluding hydrogens is 389 g/mol. The van der Waals surface area contributed by atoms with Crippen molar-refractivity contribution in [1.29, 1.82) is 0 Å². The van der Waals surface area contributed by atoms with Crippen LogP contribution in [0.5, 0.6) is 0 Å². The third kappa shape index (κ3) is 3.39. The Labute approximate surface area is 163 Å². The lowest BCUT2D eigenvalue weighted by atomic mass is 10.2. The second-order valence-corrected chi connectivity index (χ2v) is 6.72. The molecule has 4 rings (SSSR count). The summed E-state index contributed by atoms with van der Waals surface area (Å²) in [6, 6.07) is 13.1. The number of carbonyl (C=O) groups excluding carboxylic acids is 1. The van der Waals surface area contributed by atoms with Crippen molar-refractivity contribution in [3.8, 4) is 11.5 Å². The molecule has 0 bridgehead atoms. The Morgan fingerprint density at radius 1 is 1.15 bits per heavy atom. The van der Waals surface area contributed by atoms with Crippen molar-refractivity contribution < 1.29 is 9.42 Å². The van der Waals surface area contributed by atoms with Crippen LogP contribution in [0, 0.1) is 0 Å². The van der Waals surface area contributed by atoms with Gasteiger partial charge < -0.3 is 9.88 Å². The lowest BCUT2D eigenvalue weighted by Crippen LogP contribution is -2.09. The van der Waals surface area contributed by atoms with Gasteiger partial charge in [-0.2, -0.15) is 0 Å². The van der Waals surface area contributed by atoms with E-state index in [1.165, 1.54) is 6.92 Å². The van der Waals surface area contributed by atoms with Gasteiger partial charge in [0, 0.05) is 13.5 Å². The van der Waals surface area contributed by atoms with E-state index >= 15 is 0 Å². The van der Waals surface area contributed by atoms with Gasteiger partial charge in [0.25, 0.3) is 0 Å². The van der Waals surface area contributed by atoms with E-state index in [4.69, 9.17) is 27.8 Å². The van der Waals surface area contributed by atoms with E-state index in [1.54, 1.807) is 12.1 Å². The number of rotatable bonds is 4. The van der Waals surface area contributed by atoms with Crippen LogP contribution in [-0.2, 0) is 11.3 Å². The van der Waals surface area contributed by atoms with Gasteiger partial charge in [0.1, 0.15) is 0 Å². The van der Waals surface area contributed by atoms with Crippen molar-refractivity contribution in [3.05, 3.63) is 58.1 Å². The van der Waals surface area contributed by atoms with E-state index in [-0.39, 0.29) is 11.7 Å². The maximum absolute atomic E-state index is 11.4. The molecule has 2 aromatic heterocycles. The number of nitrogens with zero attached hydrogens (tertiary/aromatic N) is 4. The highest BCUT2D eigenvalue weighted by atomic mass is 35.5. The van der Waals surface area contributed by atoms with Crippen molar-refractivity contribution in [1.82, 2.24) is 19.9 Å². The first kappa shape index (κ1) is 17.5. The van der Waals surface area contributed by atoms with Crippen molar-refractivity contribution in [2.45, 2.75) is 13.5 Å². The molecule has 0 radical (unpaired) electrons. The highest BCUT2D eigenvalue weighted by Crippen LogP contribution is 2.30. The van der Waals surface area contributed by atoms with Gasteiger partial charge in [-0.3, -0.25) is 4.79 Å². The number of hydrogen-bond donors (Lipinski definition) is 1. The summed E-state index contributed by atoms with van der Waals surface area (Å²) in [5, 5.41) is 11.3. The Bertz CT molecular complexity index is 1150. The highest BCUT2D eigenvalue weighted by molar-refractivity contribution is 6.42. The topological polar surface area (TPSA) is 85.8 Å². The average molecular weight is 402 g/mol. The molecule has 9 heteroatoms. The zero-order valence-corrected chi connectivity index (χ0v) is 15.6. The summed E-state index contributed by atoms with van der Waals surface area (Å²) in [7, 11) is 0. The number of halogens is 2. The number of nitrogens with one attached hydrogen (secondary N) is 1. The predicted molar refractivity (Wildman–Crippen MR) is 103 cm³/mol. The molecule has 0 saturated carbocycles. The molecule has 1 amide bonds. The first-order valence-electron chi connectivity index (χ1n) is 8.02. The Balaban J connectivity index is 1.86. The second kappa shape index (κ2) is 7.02. The summed E-state index contributed by atoms with van der Waals surface area (Å²) in [5.41, 5.74) is 2.97. The Morgan fingerprint density at radius 2 is 1.96 bits per heavy atom. The van der Waals surface area contributed by atoms with Crippen molar-refractivity contribution in [2.24, 2.45) is 0 Å². The highest BCUT2D eigenvalue weighted by Gasteiger charge is 2.21. The predicted octanol–water partition coefficient (Wildman–Crippen LogP) is 4.40. The normalized spacial score (nSPS) is 11.1. The average Bonchev–Trinajstić information content (AvgIpc) is 3.22. The summed E-state index contributed by atoms with van der Waals surface area (Å²) in [4.78, 5) is 16.1. The molecule has 0 atom stereocenters. The first-order chi connectivity index (χ1) is 13.0. The van der Waals surface area contributed by atoms with Crippen LogP contribution in [0.2, 0.25) is 10.0 Å². The van der Waals surface area contributed by atoms with Crippen molar-refractivity contribution in [3.63, 3.8) is 0 Å². The molecule has 2 heterocycles. The fraction of sp³-hybridized carbons (Fsp3) is 0.111. The van der Waals surface area contributed by atoms with E-state index in [1.807, 2.05) is 34.9 Å². The van der Waals surface area contributed by atoms with E-state index in [0.717, 1.165) is 16.6 Å². The molecule has 0 saturated heterocycles. The minimum atomic E-state index is -0.279. The van der Waals surface area contributed by atoms with Crippen LogP contribution in [0.4, 0.5) is 5.82 Å². The summed E-state index contributed by atoms with van der Waals surface area (Å²) >= 11 is 12.2. The number of hydrogen-bond acceptors (Lipinski definition) is 5. The van der Waals surface area contributed by atoms with E-state index in [2.05, 4.69) is 20.6 Å². The molecule has 0 spiro atoms. The van der Waals surface area contributed by atoms with Gasteiger partial charge in [-0.25, -0.2) is 9.61 Å². The van der Waals surface area contributed by atoms with Crippen LogP contribution in [0.3, 0.4) is 0 Å². The molecular formula is C18H13Cl2N5O2. The lowest BCUT2D eigenvalue weighted by molar-refractivity contribution is -0.114. The van der Waals surface area contributed by atoms with E-state index < -0.39 is 0 Å². The zero-order chi connectivity index (χ0) is 19.0. The number of anilines is 1. The van der Waals surface area contributed by atoms with Crippen LogP contribution in [0.15, 0.2) is 47.1 Å². The van der Waals surface area contributed by atoms with Crippen molar-refractivity contribution >= 4 is 46.0 Å². The molecule has 136 valence electrons. The van der Waals surface area contributed by atoms with Gasteiger partial charge in [-0.05, 0) is 40.1 Å². The SMILES string of the molecule is CC(=O)Nc1nonc1-c1nc2ccccc2n1Cc1ccc(Cl)c(Cl)c1. The number of carbonyl (C=O) groups is 1. The van der Waals surface area contributed by atoms with Crippen LogP contribution in [-0.4, -0.2) is 25.8 Å². The molecule has 0 fully saturated rings. The molecule has 0 aliphatic rings. The minimum Gasteiger partial charge on any atom is -0.318 e. The summed E-state index contributed by atoms with van der Waals surface area (Å²) < 4.78 is 6.79. The molecule has 27 heavy (non-hydrogen) atoms. The summed E-state index contributed by atoms with van der Waals surface area (Å²) in [6.07, 6.45) is 0. The quantitative estimate of drug-likeness (QED) is 0.547. The lowest BCUT2D eigenvalue weighted by Gasteiger charge is -2.09. The van der Waals surface area contributed by atoms with Crippen LogP contribution >= 0.6 is 23.2 Å². The maximum Gasteiger partial charge on any atom is 0.222 e. The molecule has 4 aromatic rings. The minimum absolute atomic E-state index is 0.216. The standard InChI is InChI=1S/C18H13Cl2N5O2/c1-10(26)21-17-16(23-27-24-17)18-22-14-4-2-3-5-15(14)25(18)9-11-6-7-12(19)13(20)8-11/h2-8H,9H2,1H3,(H,21,24,26). The number of fused-ring (bicyclic) bond motifs is 1. The van der Waals surface area contributed by atoms with Gasteiger partial charge in [0.15, 0.2) is 11.5 Å². The van der Waals surface area contributed by atoms with Crippen molar-refractivity contribution in [2.75, 3.05) is 5.32 Å². The third-order valence-electron chi connectivity index (χ3n) is 3.97. The Kier molecular flexibility index (Phi) is 4.55. The van der Waals surface area contributed by atoms with E-state index in [0.29, 0.717) is 28.1 Å². The molecule has 1 N–H and O–H groups in total. The fourth-order valence-electron chi connectivity index (χ4n) is 2.82. The van der Waals surface area contributed by atoms with Crippen LogP contribution < -0.4 is 5.32 Å². The maximum atomic E-state index is 11.4. The third-order valence-corrected chi connectivity index (χ3v) is 4.71. The van der Waals surface area contributed by atoms with Gasteiger partial charge in [-0.15, -0.1) is 0 Å². The number of para-hydroxylation sites is 2. The monoisotopic (exact) mass is 401 g/mol. The molecule has 7 nitrogen and oxygen atoms in total. The Hall–Kier alpha value is -2.90. The number of imidazole rings is 1. The van der Waals surface area contributed by atoms with Gasteiger partial charge >= 0.3 is 0 Å². The largest absolute Gasteiger partial charge is 0.318 e. The molecule has 0 aliphatic carbocycles. The smallest absolute Gasteiger partial charge is 0.222 e. The van der Waals surface area contributed by atoms with Gasteiger partial charge in [-0.1, -0.05) is 41.4 Å². The van der Waals surface area contributed by atoms with Gasteiger partial charge in [0.2, 0.25) is 11.7 Å².